The lowest BCUT2D eigenvalue weighted by Gasteiger charge is -2.24. The van der Waals surface area contributed by atoms with Gasteiger partial charge in [0.15, 0.2) is 4.80 Å². The molecule has 1 atom stereocenters. The Morgan fingerprint density at radius 1 is 1.08 bits per heavy atom. The standard InChI is InChI=1S/C31H28N2O4S2/c1-4-36-30(35)27-20(2)32-31-33(28(27)23-13-15-25(38-3)16-14-23)29(34)26(39-31)18-22-11-8-12-24(17-22)37-19-21-9-6-5-7-10-21/h5-18,28H,4,19H2,1-3H3/b26-18-/t28-/m0/s1. The van der Waals surface area contributed by atoms with Crippen molar-refractivity contribution < 1.29 is 14.3 Å². The van der Waals surface area contributed by atoms with Crippen LogP contribution in [0.4, 0.5) is 0 Å². The highest BCUT2D eigenvalue weighted by atomic mass is 32.2. The molecule has 0 fully saturated rings. The Morgan fingerprint density at radius 3 is 2.56 bits per heavy atom. The molecule has 8 heteroatoms. The molecule has 0 unspecified atom stereocenters. The first-order valence-electron chi connectivity index (χ1n) is 12.6. The normalized spacial score (nSPS) is 15.1. The quantitative estimate of drug-likeness (QED) is 0.223. The predicted molar refractivity (Wildman–Crippen MR) is 156 cm³/mol. The summed E-state index contributed by atoms with van der Waals surface area (Å²) < 4.78 is 13.5. The topological polar surface area (TPSA) is 69.9 Å². The van der Waals surface area contributed by atoms with Crippen molar-refractivity contribution in [2.24, 2.45) is 4.99 Å². The number of carbonyl (C=O) groups excluding carboxylic acids is 1. The summed E-state index contributed by atoms with van der Waals surface area (Å²) >= 11 is 2.94. The molecule has 1 aromatic heterocycles. The highest BCUT2D eigenvalue weighted by molar-refractivity contribution is 7.98. The third-order valence-corrected chi connectivity index (χ3v) is 8.08. The molecule has 0 spiro atoms. The number of rotatable bonds is 8. The molecular formula is C31H28N2O4S2. The molecule has 1 aliphatic heterocycles. The van der Waals surface area contributed by atoms with Crippen LogP contribution in [0.1, 0.15) is 36.6 Å². The van der Waals surface area contributed by atoms with Crippen molar-refractivity contribution in [1.29, 1.82) is 0 Å². The number of thioether (sulfide) groups is 1. The van der Waals surface area contributed by atoms with Gasteiger partial charge < -0.3 is 9.47 Å². The maximum atomic E-state index is 13.8. The van der Waals surface area contributed by atoms with Crippen LogP contribution < -0.4 is 19.6 Å². The summed E-state index contributed by atoms with van der Waals surface area (Å²) in [5, 5.41) is 0. The molecule has 0 aliphatic carbocycles. The zero-order valence-electron chi connectivity index (χ0n) is 21.9. The van der Waals surface area contributed by atoms with Gasteiger partial charge in [-0.25, -0.2) is 9.79 Å². The van der Waals surface area contributed by atoms with Crippen molar-refractivity contribution in [3.05, 3.63) is 127 Å². The van der Waals surface area contributed by atoms with Crippen LogP contribution >= 0.6 is 23.1 Å². The summed E-state index contributed by atoms with van der Waals surface area (Å²) in [5.41, 5.74) is 3.47. The lowest BCUT2D eigenvalue weighted by atomic mass is 9.96. The van der Waals surface area contributed by atoms with E-state index in [4.69, 9.17) is 9.47 Å². The van der Waals surface area contributed by atoms with Crippen LogP contribution in [0.15, 0.2) is 105 Å². The van der Waals surface area contributed by atoms with E-state index < -0.39 is 12.0 Å². The molecule has 198 valence electrons. The molecule has 0 saturated carbocycles. The van der Waals surface area contributed by atoms with E-state index in [-0.39, 0.29) is 12.2 Å². The van der Waals surface area contributed by atoms with Crippen molar-refractivity contribution in [3.63, 3.8) is 0 Å². The van der Waals surface area contributed by atoms with Crippen LogP contribution in [0.3, 0.4) is 0 Å². The molecule has 4 aromatic rings. The van der Waals surface area contributed by atoms with Crippen molar-refractivity contribution in [3.8, 4) is 5.75 Å². The van der Waals surface area contributed by atoms with Crippen LogP contribution in [0.2, 0.25) is 0 Å². The molecule has 0 radical (unpaired) electrons. The van der Waals surface area contributed by atoms with Gasteiger partial charge in [0.1, 0.15) is 12.4 Å². The minimum Gasteiger partial charge on any atom is -0.489 e. The Morgan fingerprint density at radius 2 is 1.85 bits per heavy atom. The second-order valence-electron chi connectivity index (χ2n) is 8.92. The predicted octanol–water partition coefficient (Wildman–Crippen LogP) is 5.10. The van der Waals surface area contributed by atoms with Crippen LogP contribution in [0.5, 0.6) is 5.75 Å². The Labute approximate surface area is 235 Å². The number of esters is 1. The van der Waals surface area contributed by atoms with E-state index in [9.17, 15) is 9.59 Å². The van der Waals surface area contributed by atoms with Gasteiger partial charge in [-0.3, -0.25) is 9.36 Å². The van der Waals surface area contributed by atoms with E-state index in [1.807, 2.05) is 91.2 Å². The summed E-state index contributed by atoms with van der Waals surface area (Å²) in [6.45, 7) is 4.25. The van der Waals surface area contributed by atoms with Gasteiger partial charge in [-0.05, 0) is 67.1 Å². The largest absolute Gasteiger partial charge is 0.489 e. The number of benzene rings is 3. The number of ether oxygens (including phenoxy) is 2. The maximum Gasteiger partial charge on any atom is 0.338 e. The van der Waals surface area contributed by atoms with Crippen LogP contribution in [-0.2, 0) is 16.1 Å². The van der Waals surface area contributed by atoms with Gasteiger partial charge >= 0.3 is 5.97 Å². The van der Waals surface area contributed by atoms with Crippen LogP contribution in [0, 0.1) is 0 Å². The number of thiazole rings is 1. The van der Waals surface area contributed by atoms with E-state index in [1.165, 1.54) is 11.3 Å². The summed E-state index contributed by atoms with van der Waals surface area (Å²) in [5.74, 6) is 0.253. The average Bonchev–Trinajstić information content (AvgIpc) is 3.26. The molecule has 0 bridgehead atoms. The summed E-state index contributed by atoms with van der Waals surface area (Å²) in [7, 11) is 0. The van der Waals surface area contributed by atoms with Gasteiger partial charge in [0.05, 0.1) is 28.5 Å². The minimum absolute atomic E-state index is 0.206. The third-order valence-electron chi connectivity index (χ3n) is 6.35. The van der Waals surface area contributed by atoms with Crippen molar-refractivity contribution in [2.45, 2.75) is 31.4 Å². The zero-order chi connectivity index (χ0) is 27.4. The average molecular weight is 557 g/mol. The van der Waals surface area contributed by atoms with E-state index in [1.54, 1.807) is 30.2 Å². The molecule has 0 N–H and O–H groups in total. The highest BCUT2D eigenvalue weighted by Gasteiger charge is 2.33. The lowest BCUT2D eigenvalue weighted by Crippen LogP contribution is -2.39. The number of fused-ring (bicyclic) bond motifs is 1. The second kappa shape index (κ2) is 11.9. The molecule has 6 nitrogen and oxygen atoms in total. The molecule has 39 heavy (non-hydrogen) atoms. The van der Waals surface area contributed by atoms with Gasteiger partial charge in [0.2, 0.25) is 0 Å². The Kier molecular flexibility index (Phi) is 8.14. The Hall–Kier alpha value is -3.88. The van der Waals surface area contributed by atoms with E-state index in [0.29, 0.717) is 33.0 Å². The van der Waals surface area contributed by atoms with Gasteiger partial charge in [-0.15, -0.1) is 11.8 Å². The SMILES string of the molecule is CCOC(=O)C1=C(C)N=c2s/c(=C\c3cccc(OCc4ccccc4)c3)c(=O)n2[C@H]1c1ccc(SC)cc1. The van der Waals surface area contributed by atoms with E-state index in [2.05, 4.69) is 4.99 Å². The second-order valence-corrected chi connectivity index (χ2v) is 10.8. The fourth-order valence-corrected chi connectivity index (χ4v) is 5.93. The number of aromatic nitrogens is 1. The fourth-order valence-electron chi connectivity index (χ4n) is 4.48. The van der Waals surface area contributed by atoms with E-state index >= 15 is 0 Å². The van der Waals surface area contributed by atoms with Crippen molar-refractivity contribution in [2.75, 3.05) is 12.9 Å². The summed E-state index contributed by atoms with van der Waals surface area (Å²) in [6.07, 6.45) is 3.85. The number of carbonyl (C=O) groups is 1. The fraction of sp³-hybridized carbons (Fsp3) is 0.194. The van der Waals surface area contributed by atoms with Crippen molar-refractivity contribution >= 4 is 35.1 Å². The minimum atomic E-state index is -0.626. The van der Waals surface area contributed by atoms with Gasteiger partial charge in [0, 0.05) is 4.90 Å². The van der Waals surface area contributed by atoms with Gasteiger partial charge in [-0.2, -0.15) is 0 Å². The van der Waals surface area contributed by atoms with E-state index in [0.717, 1.165) is 21.6 Å². The Bertz CT molecular complexity index is 1700. The van der Waals surface area contributed by atoms with Crippen molar-refractivity contribution in [1.82, 2.24) is 4.57 Å². The molecule has 2 heterocycles. The highest BCUT2D eigenvalue weighted by Crippen LogP contribution is 2.31. The molecule has 0 amide bonds. The lowest BCUT2D eigenvalue weighted by molar-refractivity contribution is -0.139. The third kappa shape index (κ3) is 5.77. The molecule has 0 saturated heterocycles. The van der Waals surface area contributed by atoms with Crippen LogP contribution in [0.25, 0.3) is 6.08 Å². The summed E-state index contributed by atoms with van der Waals surface area (Å²) in [6, 6.07) is 24.9. The number of hydrogen-bond acceptors (Lipinski definition) is 7. The van der Waals surface area contributed by atoms with Gasteiger partial charge in [-0.1, -0.05) is 65.9 Å². The van der Waals surface area contributed by atoms with Crippen LogP contribution in [-0.4, -0.2) is 23.4 Å². The molecule has 3 aromatic carbocycles. The first-order chi connectivity index (χ1) is 19.0. The number of allylic oxidation sites excluding steroid dienone is 1. The monoisotopic (exact) mass is 556 g/mol. The first kappa shape index (κ1) is 26.7. The number of nitrogens with zero attached hydrogens (tertiary/aromatic N) is 2. The summed E-state index contributed by atoms with van der Waals surface area (Å²) in [4.78, 5) is 33.2. The van der Waals surface area contributed by atoms with Gasteiger partial charge in [0.25, 0.3) is 5.56 Å². The zero-order valence-corrected chi connectivity index (χ0v) is 23.6. The smallest absolute Gasteiger partial charge is 0.338 e. The Balaban J connectivity index is 1.55. The molecule has 1 aliphatic rings. The number of hydrogen-bond donors (Lipinski definition) is 0. The molecular weight excluding hydrogens is 528 g/mol. The maximum absolute atomic E-state index is 13.8. The molecule has 5 rings (SSSR count). The first-order valence-corrected chi connectivity index (χ1v) is 14.6.